The minimum Gasteiger partial charge on any atom is -0.468 e. The summed E-state index contributed by atoms with van der Waals surface area (Å²) in [5.41, 5.74) is 1.87. The van der Waals surface area contributed by atoms with Crippen LogP contribution in [-0.2, 0) is 23.9 Å². The number of alkyl carbamates (subject to hydrolysis) is 1. The van der Waals surface area contributed by atoms with Crippen LogP contribution in [0.3, 0.4) is 0 Å². The first kappa shape index (κ1) is 30.9. The van der Waals surface area contributed by atoms with Crippen LogP contribution in [-0.4, -0.2) is 60.1 Å². The van der Waals surface area contributed by atoms with E-state index in [9.17, 15) is 19.2 Å². The predicted molar refractivity (Wildman–Crippen MR) is 138 cm³/mol. The molecule has 9 heteroatoms. The quantitative estimate of drug-likeness (QED) is 0.468. The van der Waals surface area contributed by atoms with Crippen LogP contribution in [0.15, 0.2) is 18.2 Å². The monoisotopic (exact) mass is 505 g/mol. The van der Waals surface area contributed by atoms with E-state index in [1.807, 2.05) is 53.7 Å². The topological polar surface area (TPSA) is 114 Å². The summed E-state index contributed by atoms with van der Waals surface area (Å²) in [6.45, 7) is 16.2. The lowest BCUT2D eigenvalue weighted by Crippen LogP contribution is -2.57. The van der Waals surface area contributed by atoms with Crippen molar-refractivity contribution in [2.75, 3.05) is 13.7 Å². The van der Waals surface area contributed by atoms with E-state index in [2.05, 4.69) is 15.4 Å². The third kappa shape index (κ3) is 8.84. The predicted octanol–water partition coefficient (Wildman–Crippen LogP) is 3.81. The van der Waals surface area contributed by atoms with Crippen molar-refractivity contribution >= 4 is 23.9 Å². The Morgan fingerprint density at radius 2 is 1.64 bits per heavy atom. The molecule has 0 saturated carbocycles. The molecule has 9 nitrogen and oxygen atoms in total. The van der Waals surface area contributed by atoms with Crippen LogP contribution in [0.2, 0.25) is 0 Å². The lowest BCUT2D eigenvalue weighted by Gasteiger charge is -2.39. The fraction of sp³-hybridized carbons (Fsp3) is 0.630. The minimum atomic E-state index is -1.03. The maximum absolute atomic E-state index is 14.0. The van der Waals surface area contributed by atoms with Crippen LogP contribution in [0.25, 0.3) is 0 Å². The molecule has 1 aromatic rings. The number of carbonyl (C=O) groups excluding carboxylic acids is 4. The van der Waals surface area contributed by atoms with Gasteiger partial charge >= 0.3 is 12.1 Å². The van der Waals surface area contributed by atoms with Crippen molar-refractivity contribution < 1.29 is 28.7 Å². The summed E-state index contributed by atoms with van der Waals surface area (Å²) in [4.78, 5) is 53.3. The van der Waals surface area contributed by atoms with E-state index in [0.29, 0.717) is 12.0 Å². The second-order valence-electron chi connectivity index (χ2n) is 10.4. The SMILES string of the molecule is CCC(C)N(C(=O)C(NC(=O)OC(C)(C)C)C(C)C)C(C(=O)NCC(=O)OC)c1ccc(C)c(C)c1. The smallest absolute Gasteiger partial charge is 0.408 e. The fourth-order valence-corrected chi connectivity index (χ4v) is 3.61. The molecule has 0 spiro atoms. The highest BCUT2D eigenvalue weighted by Gasteiger charge is 2.39. The normalized spacial score (nSPS) is 13.9. The average molecular weight is 506 g/mol. The molecule has 0 radical (unpaired) electrons. The number of benzene rings is 1. The first-order valence-corrected chi connectivity index (χ1v) is 12.4. The summed E-state index contributed by atoms with van der Waals surface area (Å²) in [5.74, 6) is -1.82. The molecule has 0 bridgehead atoms. The van der Waals surface area contributed by atoms with Gasteiger partial charge in [0.05, 0.1) is 7.11 Å². The van der Waals surface area contributed by atoms with Crippen molar-refractivity contribution in [1.82, 2.24) is 15.5 Å². The van der Waals surface area contributed by atoms with Gasteiger partial charge in [-0.15, -0.1) is 0 Å². The summed E-state index contributed by atoms with van der Waals surface area (Å²) in [5, 5.41) is 5.30. The molecule has 3 unspecified atom stereocenters. The van der Waals surface area contributed by atoms with Crippen molar-refractivity contribution in [3.63, 3.8) is 0 Å². The Hall–Kier alpha value is -3.10. The number of hydrogen-bond acceptors (Lipinski definition) is 6. The van der Waals surface area contributed by atoms with Crippen molar-refractivity contribution in [2.24, 2.45) is 5.92 Å². The highest BCUT2D eigenvalue weighted by atomic mass is 16.6. The van der Waals surface area contributed by atoms with Gasteiger partial charge in [-0.25, -0.2) is 4.79 Å². The molecular weight excluding hydrogens is 462 g/mol. The van der Waals surface area contributed by atoms with E-state index < -0.39 is 41.6 Å². The molecular formula is C27H43N3O6. The molecule has 36 heavy (non-hydrogen) atoms. The Morgan fingerprint density at radius 1 is 1.03 bits per heavy atom. The summed E-state index contributed by atoms with van der Waals surface area (Å²) >= 11 is 0. The van der Waals surface area contributed by atoms with Gasteiger partial charge in [-0.05, 0) is 70.6 Å². The van der Waals surface area contributed by atoms with Crippen LogP contribution in [0.4, 0.5) is 4.79 Å². The molecule has 0 aliphatic heterocycles. The molecule has 0 aliphatic carbocycles. The lowest BCUT2D eigenvalue weighted by atomic mass is 9.95. The van der Waals surface area contributed by atoms with Crippen molar-refractivity contribution in [3.8, 4) is 0 Å². The highest BCUT2D eigenvalue weighted by Crippen LogP contribution is 2.28. The van der Waals surface area contributed by atoms with Gasteiger partial charge in [0.1, 0.15) is 24.2 Å². The number of nitrogens with one attached hydrogen (secondary N) is 2. The molecule has 0 heterocycles. The molecule has 202 valence electrons. The van der Waals surface area contributed by atoms with Gasteiger partial charge in [0.2, 0.25) is 11.8 Å². The number of hydrogen-bond donors (Lipinski definition) is 2. The van der Waals surface area contributed by atoms with Crippen LogP contribution in [0.5, 0.6) is 0 Å². The molecule has 1 rings (SSSR count). The summed E-state index contributed by atoms with van der Waals surface area (Å²) in [6, 6.07) is 3.25. The minimum absolute atomic E-state index is 0.282. The number of esters is 1. The Bertz CT molecular complexity index is 938. The van der Waals surface area contributed by atoms with E-state index in [-0.39, 0.29) is 18.5 Å². The van der Waals surface area contributed by atoms with Gasteiger partial charge in [0, 0.05) is 6.04 Å². The number of rotatable bonds is 10. The van der Waals surface area contributed by atoms with Gasteiger partial charge in [-0.1, -0.05) is 39.0 Å². The molecule has 0 aliphatic rings. The van der Waals surface area contributed by atoms with E-state index in [1.54, 1.807) is 26.8 Å². The first-order valence-electron chi connectivity index (χ1n) is 12.4. The van der Waals surface area contributed by atoms with Gasteiger partial charge in [-0.3, -0.25) is 14.4 Å². The van der Waals surface area contributed by atoms with Gasteiger partial charge in [-0.2, -0.15) is 0 Å². The zero-order valence-electron chi connectivity index (χ0n) is 23.4. The molecule has 0 aromatic heterocycles. The molecule has 1 aromatic carbocycles. The second kappa shape index (κ2) is 13.3. The summed E-state index contributed by atoms with van der Waals surface area (Å²) in [6.07, 6.45) is -0.147. The number of aryl methyl sites for hydroxylation is 2. The van der Waals surface area contributed by atoms with Crippen LogP contribution in [0.1, 0.15) is 77.6 Å². The van der Waals surface area contributed by atoms with Crippen molar-refractivity contribution in [3.05, 3.63) is 34.9 Å². The van der Waals surface area contributed by atoms with Gasteiger partial charge in [0.25, 0.3) is 0 Å². The molecule has 3 atom stereocenters. The highest BCUT2D eigenvalue weighted by molar-refractivity contribution is 5.93. The first-order chi connectivity index (χ1) is 16.6. The standard InChI is InChI=1S/C27H43N3O6/c1-11-19(6)30(25(33)22(16(2)3)29-26(34)36-27(7,8)9)23(24(32)28-15-21(31)35-10)20-13-12-17(4)18(5)14-20/h12-14,16,19,22-23H,11,15H2,1-10H3,(H,28,32)(H,29,34). The Morgan fingerprint density at radius 3 is 2.11 bits per heavy atom. The molecule has 2 N–H and O–H groups in total. The largest absolute Gasteiger partial charge is 0.468 e. The van der Waals surface area contributed by atoms with Crippen LogP contribution >= 0.6 is 0 Å². The van der Waals surface area contributed by atoms with Crippen LogP contribution < -0.4 is 10.6 Å². The van der Waals surface area contributed by atoms with E-state index in [0.717, 1.165) is 11.1 Å². The number of carbonyl (C=O) groups is 4. The van der Waals surface area contributed by atoms with E-state index in [1.165, 1.54) is 12.0 Å². The Kier molecular flexibility index (Phi) is 11.4. The molecule has 3 amide bonds. The Labute approximate surface area is 215 Å². The summed E-state index contributed by atoms with van der Waals surface area (Å²) in [7, 11) is 1.24. The number of methoxy groups -OCH3 is 1. The van der Waals surface area contributed by atoms with Gasteiger partial charge < -0.3 is 25.0 Å². The van der Waals surface area contributed by atoms with Gasteiger partial charge in [0.15, 0.2) is 0 Å². The lowest BCUT2D eigenvalue weighted by molar-refractivity contribution is -0.147. The Balaban J connectivity index is 3.55. The number of ether oxygens (including phenoxy) is 2. The third-order valence-corrected chi connectivity index (χ3v) is 5.93. The maximum Gasteiger partial charge on any atom is 0.408 e. The number of amides is 3. The zero-order chi connectivity index (χ0) is 27.8. The fourth-order valence-electron chi connectivity index (χ4n) is 3.61. The van der Waals surface area contributed by atoms with Crippen molar-refractivity contribution in [1.29, 1.82) is 0 Å². The van der Waals surface area contributed by atoms with Crippen LogP contribution in [0, 0.1) is 19.8 Å². The zero-order valence-corrected chi connectivity index (χ0v) is 23.4. The third-order valence-electron chi connectivity index (χ3n) is 5.93. The van der Waals surface area contributed by atoms with Crippen molar-refractivity contribution in [2.45, 2.75) is 92.5 Å². The molecule has 0 saturated heterocycles. The van der Waals surface area contributed by atoms with E-state index in [4.69, 9.17) is 4.74 Å². The number of nitrogens with zero attached hydrogens (tertiary/aromatic N) is 1. The average Bonchev–Trinajstić information content (AvgIpc) is 2.78. The molecule has 0 fully saturated rings. The maximum atomic E-state index is 14.0. The van der Waals surface area contributed by atoms with E-state index >= 15 is 0 Å². The second-order valence-corrected chi connectivity index (χ2v) is 10.4. The summed E-state index contributed by atoms with van der Waals surface area (Å²) < 4.78 is 10.0.